The van der Waals surface area contributed by atoms with Gasteiger partial charge in [0.25, 0.3) is 0 Å². The molecule has 2 nitrogen and oxygen atoms in total. The van der Waals surface area contributed by atoms with Gasteiger partial charge in [0.05, 0.1) is 5.69 Å². The van der Waals surface area contributed by atoms with Gasteiger partial charge in [-0.15, -0.1) is 11.3 Å². The van der Waals surface area contributed by atoms with Crippen LogP contribution in [0.5, 0.6) is 0 Å². The topological polar surface area (TPSA) is 25.8 Å². The Hall–Kier alpha value is -1.52. The minimum absolute atomic E-state index is 0.983. The fraction of sp³-hybridized carbons (Fsp3) is 0.176. The van der Waals surface area contributed by atoms with Crippen molar-refractivity contribution in [2.24, 2.45) is 0 Å². The lowest BCUT2D eigenvalue weighted by molar-refractivity contribution is 1.21. The first kappa shape index (κ1) is 14.4. The van der Waals surface area contributed by atoms with Crippen LogP contribution in [-0.2, 0) is 0 Å². The number of benzene rings is 1. The van der Waals surface area contributed by atoms with Gasteiger partial charge < -0.3 is 0 Å². The fourth-order valence-corrected chi connectivity index (χ4v) is 3.57. The van der Waals surface area contributed by atoms with Gasteiger partial charge in [0.2, 0.25) is 0 Å². The van der Waals surface area contributed by atoms with Crippen LogP contribution in [0.1, 0.15) is 16.0 Å². The van der Waals surface area contributed by atoms with Gasteiger partial charge in [-0.05, 0) is 44.0 Å². The van der Waals surface area contributed by atoms with Crippen LogP contribution in [0, 0.1) is 20.8 Å². The Morgan fingerprint density at radius 3 is 2.38 bits per heavy atom. The second-order valence-electron chi connectivity index (χ2n) is 5.11. The van der Waals surface area contributed by atoms with E-state index in [2.05, 4.69) is 59.9 Å². The van der Waals surface area contributed by atoms with Gasteiger partial charge in [0.1, 0.15) is 10.7 Å². The molecule has 0 N–H and O–H groups in total. The summed E-state index contributed by atoms with van der Waals surface area (Å²) < 4.78 is 1.08. The average Bonchev–Trinajstić information content (AvgIpc) is 2.81. The standard InChI is InChI=1S/C17H15BrN2S/c1-10-8-11(2)15(19-9-10)17-20-16(12(3)21-17)13-4-6-14(18)7-5-13/h4-9H,1-3H3. The Labute approximate surface area is 137 Å². The van der Waals surface area contributed by atoms with Crippen molar-refractivity contribution >= 4 is 27.3 Å². The molecule has 0 aliphatic heterocycles. The molecule has 0 aliphatic rings. The number of halogens is 1. The largest absolute Gasteiger partial charge is 0.253 e. The zero-order valence-corrected chi connectivity index (χ0v) is 14.5. The first-order valence-electron chi connectivity index (χ1n) is 6.71. The van der Waals surface area contributed by atoms with Crippen molar-refractivity contribution in [3.63, 3.8) is 0 Å². The number of hydrogen-bond acceptors (Lipinski definition) is 3. The highest BCUT2D eigenvalue weighted by atomic mass is 79.9. The molecule has 1 aromatic carbocycles. The minimum atomic E-state index is 0.983. The van der Waals surface area contributed by atoms with Crippen LogP contribution in [0.3, 0.4) is 0 Å². The Morgan fingerprint density at radius 1 is 1.00 bits per heavy atom. The molecule has 0 radical (unpaired) electrons. The zero-order chi connectivity index (χ0) is 15.0. The smallest absolute Gasteiger partial charge is 0.143 e. The predicted molar refractivity (Wildman–Crippen MR) is 92.7 cm³/mol. The maximum absolute atomic E-state index is 4.81. The number of thiazole rings is 1. The molecule has 0 fully saturated rings. The highest BCUT2D eigenvalue weighted by molar-refractivity contribution is 9.10. The Bertz CT molecular complexity index is 791. The minimum Gasteiger partial charge on any atom is -0.253 e. The summed E-state index contributed by atoms with van der Waals surface area (Å²) in [6.07, 6.45) is 1.90. The van der Waals surface area contributed by atoms with Crippen LogP contribution < -0.4 is 0 Å². The number of aryl methyl sites for hydroxylation is 3. The molecule has 0 atom stereocenters. The average molecular weight is 359 g/mol. The van der Waals surface area contributed by atoms with E-state index >= 15 is 0 Å². The van der Waals surface area contributed by atoms with Gasteiger partial charge in [-0.3, -0.25) is 4.98 Å². The normalized spacial score (nSPS) is 10.9. The van der Waals surface area contributed by atoms with Crippen molar-refractivity contribution in [2.45, 2.75) is 20.8 Å². The molecule has 0 saturated carbocycles. The quantitative estimate of drug-likeness (QED) is 0.599. The lowest BCUT2D eigenvalue weighted by atomic mass is 10.1. The molecule has 2 heterocycles. The third-order valence-electron chi connectivity index (χ3n) is 3.33. The molecule has 0 aliphatic carbocycles. The van der Waals surface area contributed by atoms with E-state index in [4.69, 9.17) is 4.98 Å². The van der Waals surface area contributed by atoms with E-state index in [0.29, 0.717) is 0 Å². The second kappa shape index (κ2) is 5.70. The Kier molecular flexibility index (Phi) is 3.91. The van der Waals surface area contributed by atoms with E-state index in [0.717, 1.165) is 26.4 Å². The summed E-state index contributed by atoms with van der Waals surface area (Å²) in [5.74, 6) is 0. The van der Waals surface area contributed by atoms with Gasteiger partial charge in [-0.1, -0.05) is 34.1 Å². The molecule has 0 saturated heterocycles. The summed E-state index contributed by atoms with van der Waals surface area (Å²) in [7, 11) is 0. The van der Waals surface area contributed by atoms with Crippen LogP contribution in [0.2, 0.25) is 0 Å². The number of aromatic nitrogens is 2. The fourth-order valence-electron chi connectivity index (χ4n) is 2.31. The maximum atomic E-state index is 4.81. The molecule has 0 bridgehead atoms. The molecule has 0 amide bonds. The molecular weight excluding hydrogens is 344 g/mol. The van der Waals surface area contributed by atoms with E-state index in [1.807, 2.05) is 18.3 Å². The first-order chi connectivity index (χ1) is 10.0. The van der Waals surface area contributed by atoms with Crippen LogP contribution >= 0.6 is 27.3 Å². The predicted octanol–water partition coefficient (Wildman–Crippen LogP) is 5.56. The summed E-state index contributed by atoms with van der Waals surface area (Å²) >= 11 is 5.17. The third kappa shape index (κ3) is 2.92. The van der Waals surface area contributed by atoms with Crippen molar-refractivity contribution in [3.05, 3.63) is 57.0 Å². The van der Waals surface area contributed by atoms with Crippen LogP contribution in [0.4, 0.5) is 0 Å². The summed E-state index contributed by atoms with van der Waals surface area (Å²) in [6, 6.07) is 10.4. The SMILES string of the molecule is Cc1cnc(-c2nc(-c3ccc(Br)cc3)c(C)s2)c(C)c1. The third-order valence-corrected chi connectivity index (χ3v) is 4.84. The molecular formula is C17H15BrN2S. The number of nitrogens with zero attached hydrogens (tertiary/aromatic N) is 2. The highest BCUT2D eigenvalue weighted by Crippen LogP contribution is 2.34. The van der Waals surface area contributed by atoms with E-state index < -0.39 is 0 Å². The van der Waals surface area contributed by atoms with E-state index in [1.54, 1.807) is 11.3 Å². The van der Waals surface area contributed by atoms with Crippen molar-refractivity contribution < 1.29 is 0 Å². The second-order valence-corrected chi connectivity index (χ2v) is 7.23. The summed E-state index contributed by atoms with van der Waals surface area (Å²) in [4.78, 5) is 10.6. The van der Waals surface area contributed by atoms with Crippen LogP contribution in [-0.4, -0.2) is 9.97 Å². The summed E-state index contributed by atoms with van der Waals surface area (Å²) in [5.41, 5.74) is 5.52. The number of pyridine rings is 1. The van der Waals surface area contributed by atoms with Gasteiger partial charge >= 0.3 is 0 Å². The monoisotopic (exact) mass is 358 g/mol. The van der Waals surface area contributed by atoms with Gasteiger partial charge in [0.15, 0.2) is 0 Å². The van der Waals surface area contributed by atoms with Crippen molar-refractivity contribution in [2.75, 3.05) is 0 Å². The molecule has 21 heavy (non-hydrogen) atoms. The number of hydrogen-bond donors (Lipinski definition) is 0. The zero-order valence-electron chi connectivity index (χ0n) is 12.1. The van der Waals surface area contributed by atoms with Crippen molar-refractivity contribution in [3.8, 4) is 22.0 Å². The molecule has 2 aromatic heterocycles. The van der Waals surface area contributed by atoms with Crippen molar-refractivity contribution in [1.29, 1.82) is 0 Å². The highest BCUT2D eigenvalue weighted by Gasteiger charge is 2.13. The molecule has 106 valence electrons. The van der Waals surface area contributed by atoms with E-state index in [-0.39, 0.29) is 0 Å². The maximum Gasteiger partial charge on any atom is 0.143 e. The van der Waals surface area contributed by atoms with Gasteiger partial charge in [-0.2, -0.15) is 0 Å². The van der Waals surface area contributed by atoms with Crippen LogP contribution in [0.15, 0.2) is 41.0 Å². The Balaban J connectivity index is 2.07. The molecule has 0 unspecified atom stereocenters. The molecule has 0 spiro atoms. The molecule has 3 aromatic rings. The summed E-state index contributed by atoms with van der Waals surface area (Å²) in [6.45, 7) is 6.26. The van der Waals surface area contributed by atoms with E-state index in [1.165, 1.54) is 16.0 Å². The lowest BCUT2D eigenvalue weighted by Crippen LogP contribution is -1.89. The Morgan fingerprint density at radius 2 is 1.71 bits per heavy atom. The van der Waals surface area contributed by atoms with E-state index in [9.17, 15) is 0 Å². The molecule has 3 rings (SSSR count). The molecule has 4 heteroatoms. The first-order valence-corrected chi connectivity index (χ1v) is 8.32. The van der Waals surface area contributed by atoms with Gasteiger partial charge in [0, 0.05) is 21.1 Å². The van der Waals surface area contributed by atoms with Gasteiger partial charge in [-0.25, -0.2) is 4.98 Å². The van der Waals surface area contributed by atoms with Crippen LogP contribution in [0.25, 0.3) is 22.0 Å². The summed E-state index contributed by atoms with van der Waals surface area (Å²) in [5, 5.41) is 0.989. The number of rotatable bonds is 2. The van der Waals surface area contributed by atoms with Crippen molar-refractivity contribution in [1.82, 2.24) is 9.97 Å². The lowest BCUT2D eigenvalue weighted by Gasteiger charge is -2.02.